The summed E-state index contributed by atoms with van der Waals surface area (Å²) in [7, 11) is 0. The maximum atomic E-state index is 11.1. The van der Waals surface area contributed by atoms with E-state index in [9.17, 15) is 9.90 Å². The number of amides is 1. The van der Waals surface area contributed by atoms with E-state index < -0.39 is 17.8 Å². The predicted molar refractivity (Wildman–Crippen MR) is 77.5 cm³/mol. The molecule has 2 bridgehead atoms. The van der Waals surface area contributed by atoms with Gasteiger partial charge in [-0.3, -0.25) is 4.79 Å². The number of carbonyl (C=O) groups excluding carboxylic acids is 1. The van der Waals surface area contributed by atoms with Gasteiger partial charge in [0, 0.05) is 5.38 Å². The zero-order valence-corrected chi connectivity index (χ0v) is 12.9. The number of hydrogen-bond donors (Lipinski definition) is 2. The summed E-state index contributed by atoms with van der Waals surface area (Å²) in [5, 5.41) is 21.2. The van der Waals surface area contributed by atoms with Gasteiger partial charge in [-0.1, -0.05) is 5.21 Å². The van der Waals surface area contributed by atoms with Gasteiger partial charge in [-0.15, -0.1) is 16.4 Å². The number of primary amides is 1. The molecule has 10 heteroatoms. The van der Waals surface area contributed by atoms with Gasteiger partial charge < -0.3 is 20.3 Å². The number of nitrogens with two attached hydrogens (primary N) is 1. The molecular weight excluding hydrogens is 322 g/mol. The Morgan fingerprint density at radius 3 is 3.26 bits per heavy atom. The number of aliphatic hydroxyl groups is 1. The molecule has 0 aliphatic carbocycles. The van der Waals surface area contributed by atoms with E-state index in [2.05, 4.69) is 15.3 Å². The van der Waals surface area contributed by atoms with Gasteiger partial charge in [-0.25, -0.2) is 9.67 Å². The molecule has 0 aromatic carbocycles. The molecule has 9 nitrogen and oxygen atoms in total. The number of rotatable bonds is 4. The van der Waals surface area contributed by atoms with Gasteiger partial charge >= 0.3 is 0 Å². The Morgan fingerprint density at radius 2 is 2.48 bits per heavy atom. The van der Waals surface area contributed by atoms with Crippen LogP contribution in [0, 0.1) is 0 Å². The fourth-order valence-electron chi connectivity index (χ4n) is 2.81. The van der Waals surface area contributed by atoms with Crippen LogP contribution in [-0.2, 0) is 21.6 Å². The fraction of sp³-hybridized carbons (Fsp3) is 0.538. The van der Waals surface area contributed by atoms with Crippen LogP contribution < -0.4 is 5.73 Å². The molecule has 0 radical (unpaired) electrons. The highest BCUT2D eigenvalue weighted by Crippen LogP contribution is 2.40. The third kappa shape index (κ3) is 2.53. The van der Waals surface area contributed by atoms with E-state index in [4.69, 9.17) is 15.2 Å². The Morgan fingerprint density at radius 1 is 1.61 bits per heavy atom. The highest BCUT2D eigenvalue weighted by Gasteiger charge is 2.51. The van der Waals surface area contributed by atoms with Crippen molar-refractivity contribution in [3.05, 3.63) is 28.0 Å². The third-order valence-corrected chi connectivity index (χ3v) is 4.90. The van der Waals surface area contributed by atoms with Gasteiger partial charge in [0.15, 0.2) is 11.9 Å². The number of fused-ring (bicyclic) bond motifs is 2. The average Bonchev–Trinajstić information content (AvgIpc) is 3.24. The SMILES string of the molecule is NC(=O)c1csc(Cn2cc(C3(O)CC[C@H]4CO[C@@H]3O4)nn2)n1. The molecule has 1 amide bonds. The van der Waals surface area contributed by atoms with Crippen LogP contribution in [0.5, 0.6) is 0 Å². The van der Waals surface area contributed by atoms with E-state index in [0.29, 0.717) is 36.7 Å². The third-order valence-electron chi connectivity index (χ3n) is 4.07. The van der Waals surface area contributed by atoms with E-state index in [1.165, 1.54) is 11.3 Å². The van der Waals surface area contributed by atoms with Gasteiger partial charge in [-0.2, -0.15) is 0 Å². The molecule has 2 saturated heterocycles. The van der Waals surface area contributed by atoms with Crippen molar-refractivity contribution in [2.24, 2.45) is 5.73 Å². The molecule has 2 aliphatic rings. The minimum Gasteiger partial charge on any atom is -0.378 e. The summed E-state index contributed by atoms with van der Waals surface area (Å²) >= 11 is 1.32. The summed E-state index contributed by atoms with van der Waals surface area (Å²) in [5.74, 6) is -0.562. The van der Waals surface area contributed by atoms with Crippen LogP contribution in [0.2, 0.25) is 0 Å². The topological polar surface area (TPSA) is 125 Å². The Kier molecular flexibility index (Phi) is 3.41. The van der Waals surface area contributed by atoms with Crippen molar-refractivity contribution >= 4 is 17.2 Å². The Balaban J connectivity index is 1.53. The van der Waals surface area contributed by atoms with Crippen LogP contribution in [0.15, 0.2) is 11.6 Å². The standard InChI is InChI=1S/C13H15N5O4S/c14-11(19)8-6-23-10(15-8)4-18-3-9(16-17-18)13(20)2-1-7-5-21-12(13)22-7/h3,6-7,12,20H,1-2,4-5H2,(H2,14,19)/t7-,12+,13?/m0/s1. The maximum absolute atomic E-state index is 11.1. The Labute approximate surface area is 135 Å². The summed E-state index contributed by atoms with van der Waals surface area (Å²) in [6.45, 7) is 0.839. The highest BCUT2D eigenvalue weighted by molar-refractivity contribution is 7.09. The molecule has 4 heterocycles. The number of carbonyl (C=O) groups is 1. The van der Waals surface area contributed by atoms with Gasteiger partial charge in [0.25, 0.3) is 5.91 Å². The van der Waals surface area contributed by atoms with Crippen molar-refractivity contribution in [2.75, 3.05) is 6.61 Å². The Hall–Kier alpha value is -1.88. The maximum Gasteiger partial charge on any atom is 0.268 e. The van der Waals surface area contributed by atoms with Gasteiger partial charge in [0.2, 0.25) is 0 Å². The van der Waals surface area contributed by atoms with Gasteiger partial charge in [-0.05, 0) is 12.8 Å². The summed E-state index contributed by atoms with van der Waals surface area (Å²) in [6, 6.07) is 0. The van der Waals surface area contributed by atoms with Gasteiger partial charge in [0.1, 0.15) is 16.4 Å². The molecule has 122 valence electrons. The number of nitrogens with zero attached hydrogens (tertiary/aromatic N) is 4. The van der Waals surface area contributed by atoms with E-state index in [1.54, 1.807) is 16.3 Å². The normalized spacial score (nSPS) is 29.8. The molecule has 4 rings (SSSR count). The van der Waals surface area contributed by atoms with Crippen LogP contribution in [-0.4, -0.2) is 50.0 Å². The Bertz CT molecular complexity index is 746. The van der Waals surface area contributed by atoms with Gasteiger partial charge in [0.05, 0.1) is 25.5 Å². The lowest BCUT2D eigenvalue weighted by molar-refractivity contribution is -0.219. The van der Waals surface area contributed by atoms with Crippen LogP contribution >= 0.6 is 11.3 Å². The molecule has 1 unspecified atom stereocenters. The van der Waals surface area contributed by atoms with Crippen LogP contribution in [0.4, 0.5) is 0 Å². The smallest absolute Gasteiger partial charge is 0.268 e. The monoisotopic (exact) mass is 337 g/mol. The molecule has 23 heavy (non-hydrogen) atoms. The van der Waals surface area contributed by atoms with Crippen molar-refractivity contribution in [1.29, 1.82) is 0 Å². The molecule has 3 N–H and O–H groups in total. The lowest BCUT2D eigenvalue weighted by Crippen LogP contribution is -2.44. The largest absolute Gasteiger partial charge is 0.378 e. The predicted octanol–water partition coefficient (Wildman–Crippen LogP) is -0.395. The second-order valence-electron chi connectivity index (χ2n) is 5.68. The molecule has 2 fully saturated rings. The quantitative estimate of drug-likeness (QED) is 0.778. The second-order valence-corrected chi connectivity index (χ2v) is 6.62. The summed E-state index contributed by atoms with van der Waals surface area (Å²) in [6.07, 6.45) is 2.24. The summed E-state index contributed by atoms with van der Waals surface area (Å²) in [5.41, 5.74) is 4.54. The van der Waals surface area contributed by atoms with E-state index in [-0.39, 0.29) is 11.8 Å². The van der Waals surface area contributed by atoms with Crippen molar-refractivity contribution in [1.82, 2.24) is 20.0 Å². The molecule has 0 saturated carbocycles. The zero-order valence-electron chi connectivity index (χ0n) is 12.1. The second kappa shape index (κ2) is 5.34. The van der Waals surface area contributed by atoms with Crippen molar-refractivity contribution in [3.8, 4) is 0 Å². The number of ether oxygens (including phenoxy) is 2. The first kappa shape index (κ1) is 14.7. The average molecular weight is 337 g/mol. The van der Waals surface area contributed by atoms with Crippen LogP contribution in [0.25, 0.3) is 0 Å². The number of hydrogen-bond acceptors (Lipinski definition) is 8. The molecule has 0 spiro atoms. The number of aromatic nitrogens is 4. The van der Waals surface area contributed by atoms with Crippen molar-refractivity contribution in [2.45, 2.75) is 37.4 Å². The molecular formula is C13H15N5O4S. The summed E-state index contributed by atoms with van der Waals surface area (Å²) in [4.78, 5) is 15.2. The lowest BCUT2D eigenvalue weighted by Gasteiger charge is -2.34. The minimum absolute atomic E-state index is 0.0536. The first-order valence-corrected chi connectivity index (χ1v) is 8.07. The summed E-state index contributed by atoms with van der Waals surface area (Å²) < 4.78 is 12.7. The highest BCUT2D eigenvalue weighted by atomic mass is 32.1. The fourth-order valence-corrected chi connectivity index (χ4v) is 3.58. The van der Waals surface area contributed by atoms with E-state index in [0.717, 1.165) is 0 Å². The zero-order chi connectivity index (χ0) is 16.0. The van der Waals surface area contributed by atoms with Crippen molar-refractivity contribution in [3.63, 3.8) is 0 Å². The first-order chi connectivity index (χ1) is 11.0. The lowest BCUT2D eigenvalue weighted by atomic mass is 9.90. The molecule has 2 aromatic heterocycles. The van der Waals surface area contributed by atoms with Crippen molar-refractivity contribution < 1.29 is 19.4 Å². The minimum atomic E-state index is -1.29. The number of thiazole rings is 1. The molecule has 2 aromatic rings. The molecule has 3 atom stereocenters. The van der Waals surface area contributed by atoms with E-state index >= 15 is 0 Å². The molecule has 2 aliphatic heterocycles. The van der Waals surface area contributed by atoms with E-state index in [1.807, 2.05) is 0 Å². The first-order valence-electron chi connectivity index (χ1n) is 7.19. The van der Waals surface area contributed by atoms with Crippen LogP contribution in [0.1, 0.15) is 34.0 Å². The van der Waals surface area contributed by atoms with Crippen LogP contribution in [0.3, 0.4) is 0 Å².